The maximum atomic E-state index is 12.1. The highest BCUT2D eigenvalue weighted by Crippen LogP contribution is 2.19. The Kier molecular flexibility index (Phi) is 3.83. The molecular formula is C15H13ClN4O. The van der Waals surface area contributed by atoms with Crippen LogP contribution < -0.4 is 5.32 Å². The summed E-state index contributed by atoms with van der Waals surface area (Å²) in [4.78, 5) is 16.2. The maximum absolute atomic E-state index is 12.1. The van der Waals surface area contributed by atoms with Crippen LogP contribution in [0.2, 0.25) is 5.02 Å². The van der Waals surface area contributed by atoms with Crippen LogP contribution in [0.1, 0.15) is 16.1 Å². The molecule has 0 saturated carbocycles. The van der Waals surface area contributed by atoms with Gasteiger partial charge >= 0.3 is 0 Å². The molecule has 2 aromatic heterocycles. The van der Waals surface area contributed by atoms with Crippen molar-refractivity contribution in [3.8, 4) is 0 Å². The zero-order valence-corrected chi connectivity index (χ0v) is 11.9. The van der Waals surface area contributed by atoms with Crippen LogP contribution in [0.5, 0.6) is 0 Å². The Morgan fingerprint density at radius 2 is 2.05 bits per heavy atom. The predicted octanol–water partition coefficient (Wildman–Crippen LogP) is 2.36. The number of aromatic nitrogens is 3. The average Bonchev–Trinajstić information content (AvgIpc) is 2.86. The fraction of sp³-hybridized carbons (Fsp3) is 0.133. The molecule has 6 heteroatoms. The summed E-state index contributed by atoms with van der Waals surface area (Å²) < 4.78 is 1.49. The van der Waals surface area contributed by atoms with Crippen molar-refractivity contribution in [2.24, 2.45) is 0 Å². The van der Waals surface area contributed by atoms with E-state index >= 15 is 0 Å². The molecule has 0 spiro atoms. The molecule has 21 heavy (non-hydrogen) atoms. The van der Waals surface area contributed by atoms with Crippen LogP contribution in [0.4, 0.5) is 0 Å². The Morgan fingerprint density at radius 1 is 1.24 bits per heavy atom. The van der Waals surface area contributed by atoms with E-state index in [4.69, 9.17) is 11.6 Å². The first kappa shape index (κ1) is 13.6. The monoisotopic (exact) mass is 300 g/mol. The van der Waals surface area contributed by atoms with Crippen molar-refractivity contribution in [1.29, 1.82) is 0 Å². The molecular weight excluding hydrogens is 288 g/mol. The standard InChI is InChI=1S/C15H13ClN4O/c16-12-13(19-20-10-4-8-17-14(12)20)15(21)18-9-7-11-5-2-1-3-6-11/h1-6,8,10H,7,9H2,(H,18,21). The number of amides is 1. The molecule has 0 aliphatic rings. The van der Waals surface area contributed by atoms with Crippen molar-refractivity contribution in [3.05, 3.63) is 65.1 Å². The molecule has 0 radical (unpaired) electrons. The van der Waals surface area contributed by atoms with Crippen LogP contribution in [-0.2, 0) is 6.42 Å². The lowest BCUT2D eigenvalue weighted by molar-refractivity contribution is 0.0949. The normalized spacial score (nSPS) is 10.7. The van der Waals surface area contributed by atoms with Gasteiger partial charge in [-0.2, -0.15) is 5.10 Å². The number of rotatable bonds is 4. The number of hydrogen-bond acceptors (Lipinski definition) is 3. The van der Waals surface area contributed by atoms with Gasteiger partial charge in [0.2, 0.25) is 0 Å². The van der Waals surface area contributed by atoms with Crippen molar-refractivity contribution in [2.75, 3.05) is 6.54 Å². The van der Waals surface area contributed by atoms with Gasteiger partial charge in [-0.05, 0) is 18.1 Å². The lowest BCUT2D eigenvalue weighted by Crippen LogP contribution is -2.26. The van der Waals surface area contributed by atoms with Crippen LogP contribution in [0.25, 0.3) is 5.65 Å². The third kappa shape index (κ3) is 2.87. The lowest BCUT2D eigenvalue weighted by atomic mass is 10.1. The van der Waals surface area contributed by atoms with Gasteiger partial charge in [0.1, 0.15) is 5.02 Å². The highest BCUT2D eigenvalue weighted by molar-refractivity contribution is 6.36. The van der Waals surface area contributed by atoms with Gasteiger partial charge in [-0.1, -0.05) is 41.9 Å². The number of fused-ring (bicyclic) bond motifs is 1. The summed E-state index contributed by atoms with van der Waals surface area (Å²) >= 11 is 6.14. The van der Waals surface area contributed by atoms with Gasteiger partial charge in [0, 0.05) is 18.9 Å². The second-order valence-electron chi connectivity index (χ2n) is 4.54. The Hall–Kier alpha value is -2.40. The van der Waals surface area contributed by atoms with Crippen molar-refractivity contribution in [1.82, 2.24) is 19.9 Å². The molecule has 0 atom stereocenters. The van der Waals surface area contributed by atoms with E-state index in [1.54, 1.807) is 18.5 Å². The van der Waals surface area contributed by atoms with Gasteiger partial charge in [0.05, 0.1) is 0 Å². The minimum absolute atomic E-state index is 0.198. The van der Waals surface area contributed by atoms with Crippen LogP contribution in [-0.4, -0.2) is 27.0 Å². The minimum atomic E-state index is -0.290. The molecule has 3 aromatic rings. The summed E-state index contributed by atoms with van der Waals surface area (Å²) in [6.07, 6.45) is 4.07. The van der Waals surface area contributed by atoms with Gasteiger partial charge in [-0.25, -0.2) is 9.50 Å². The van der Waals surface area contributed by atoms with Crippen LogP contribution >= 0.6 is 11.6 Å². The molecule has 2 heterocycles. The van der Waals surface area contributed by atoms with E-state index < -0.39 is 0 Å². The molecule has 0 bridgehead atoms. The van der Waals surface area contributed by atoms with E-state index in [0.717, 1.165) is 6.42 Å². The van der Waals surface area contributed by atoms with Gasteiger partial charge < -0.3 is 5.32 Å². The zero-order chi connectivity index (χ0) is 14.7. The minimum Gasteiger partial charge on any atom is -0.350 e. The van der Waals surface area contributed by atoms with Crippen LogP contribution in [0, 0.1) is 0 Å². The number of carbonyl (C=O) groups is 1. The van der Waals surface area contributed by atoms with Gasteiger partial charge in [-0.3, -0.25) is 4.79 Å². The summed E-state index contributed by atoms with van der Waals surface area (Å²) in [7, 11) is 0. The first-order valence-corrected chi connectivity index (χ1v) is 6.94. The fourth-order valence-corrected chi connectivity index (χ4v) is 2.31. The molecule has 1 aromatic carbocycles. The summed E-state index contributed by atoms with van der Waals surface area (Å²) in [6.45, 7) is 0.528. The second-order valence-corrected chi connectivity index (χ2v) is 4.92. The summed E-state index contributed by atoms with van der Waals surface area (Å²) in [6, 6.07) is 11.7. The molecule has 0 saturated heterocycles. The summed E-state index contributed by atoms with van der Waals surface area (Å²) in [5.41, 5.74) is 1.84. The number of nitrogens with one attached hydrogen (secondary N) is 1. The Morgan fingerprint density at radius 3 is 2.81 bits per heavy atom. The Labute approximate surface area is 126 Å². The first-order chi connectivity index (χ1) is 10.3. The van der Waals surface area contributed by atoms with E-state index in [1.807, 2.05) is 30.3 Å². The Balaban J connectivity index is 1.68. The lowest BCUT2D eigenvalue weighted by Gasteiger charge is -2.03. The van der Waals surface area contributed by atoms with E-state index in [9.17, 15) is 4.79 Å². The molecule has 0 aliphatic carbocycles. The van der Waals surface area contributed by atoms with Crippen molar-refractivity contribution in [3.63, 3.8) is 0 Å². The molecule has 0 unspecified atom stereocenters. The fourth-order valence-electron chi connectivity index (χ4n) is 2.05. The molecule has 1 amide bonds. The average molecular weight is 301 g/mol. The van der Waals surface area contributed by atoms with E-state index in [1.165, 1.54) is 10.1 Å². The Bertz CT molecular complexity index is 770. The summed E-state index contributed by atoms with van der Waals surface area (Å²) in [5, 5.41) is 7.24. The van der Waals surface area contributed by atoms with Crippen molar-refractivity contribution >= 4 is 23.2 Å². The van der Waals surface area contributed by atoms with Gasteiger partial charge in [0.15, 0.2) is 11.3 Å². The topological polar surface area (TPSA) is 59.3 Å². The molecule has 0 aliphatic heterocycles. The molecule has 5 nitrogen and oxygen atoms in total. The SMILES string of the molecule is O=C(NCCc1ccccc1)c1nn2cccnc2c1Cl. The number of carbonyl (C=O) groups excluding carboxylic acids is 1. The molecule has 106 valence electrons. The quantitative estimate of drug-likeness (QED) is 0.804. The zero-order valence-electron chi connectivity index (χ0n) is 11.2. The second kappa shape index (κ2) is 5.93. The van der Waals surface area contributed by atoms with Crippen molar-refractivity contribution in [2.45, 2.75) is 6.42 Å². The van der Waals surface area contributed by atoms with Crippen LogP contribution in [0.3, 0.4) is 0 Å². The number of benzene rings is 1. The van der Waals surface area contributed by atoms with E-state index in [2.05, 4.69) is 15.4 Å². The highest BCUT2D eigenvalue weighted by Gasteiger charge is 2.18. The molecule has 0 fully saturated rings. The highest BCUT2D eigenvalue weighted by atomic mass is 35.5. The smallest absolute Gasteiger partial charge is 0.273 e. The third-order valence-corrected chi connectivity index (χ3v) is 3.44. The predicted molar refractivity (Wildman–Crippen MR) is 80.5 cm³/mol. The summed E-state index contributed by atoms with van der Waals surface area (Å²) in [5.74, 6) is -0.290. The van der Waals surface area contributed by atoms with E-state index in [0.29, 0.717) is 12.2 Å². The largest absolute Gasteiger partial charge is 0.350 e. The molecule has 1 N–H and O–H groups in total. The van der Waals surface area contributed by atoms with Crippen LogP contribution in [0.15, 0.2) is 48.8 Å². The van der Waals surface area contributed by atoms with Crippen molar-refractivity contribution < 1.29 is 4.79 Å². The maximum Gasteiger partial charge on any atom is 0.273 e. The van der Waals surface area contributed by atoms with Gasteiger partial charge in [-0.15, -0.1) is 0 Å². The number of hydrogen-bond donors (Lipinski definition) is 1. The van der Waals surface area contributed by atoms with E-state index in [-0.39, 0.29) is 16.6 Å². The number of nitrogens with zero attached hydrogens (tertiary/aromatic N) is 3. The first-order valence-electron chi connectivity index (χ1n) is 6.56. The number of halogens is 1. The van der Waals surface area contributed by atoms with Gasteiger partial charge in [0.25, 0.3) is 5.91 Å². The third-order valence-electron chi connectivity index (χ3n) is 3.10. The molecule has 3 rings (SSSR count).